The van der Waals surface area contributed by atoms with E-state index >= 15 is 0 Å². The summed E-state index contributed by atoms with van der Waals surface area (Å²) in [5.41, 5.74) is -0.148. The molecule has 90 valence electrons. The molecule has 0 aromatic heterocycles. The van der Waals surface area contributed by atoms with E-state index in [0.717, 1.165) is 6.07 Å². The Morgan fingerprint density at radius 2 is 2.18 bits per heavy atom. The highest BCUT2D eigenvalue weighted by molar-refractivity contribution is 9.10. The molecule has 0 unspecified atom stereocenters. The molecule has 0 fully saturated rings. The molecule has 1 rings (SSSR count). The van der Waals surface area contributed by atoms with Gasteiger partial charge in [-0.2, -0.15) is 9.98 Å². The Morgan fingerprint density at radius 1 is 1.53 bits per heavy atom. The summed E-state index contributed by atoms with van der Waals surface area (Å²) in [7, 11) is -3.89. The van der Waals surface area contributed by atoms with Crippen LogP contribution in [0.2, 0.25) is 0 Å². The molecule has 0 spiro atoms. The van der Waals surface area contributed by atoms with Crippen molar-refractivity contribution in [2.75, 3.05) is 6.54 Å². The number of hydrogen-bond donors (Lipinski definition) is 2. The molecule has 8 heteroatoms. The smallest absolute Gasteiger partial charge is 0.335 e. The van der Waals surface area contributed by atoms with E-state index < -0.39 is 16.0 Å². The lowest BCUT2D eigenvalue weighted by Gasteiger charge is -2.06. The first kappa shape index (κ1) is 13.6. The van der Waals surface area contributed by atoms with Gasteiger partial charge in [-0.15, -0.1) is 0 Å². The molecule has 0 aliphatic carbocycles. The predicted octanol–water partition coefficient (Wildman–Crippen LogP) is 0.949. The van der Waals surface area contributed by atoms with Crippen LogP contribution in [0.5, 0.6) is 0 Å². The summed E-state index contributed by atoms with van der Waals surface area (Å²) in [5.74, 6) is -1.23. The number of aromatic carboxylic acids is 1. The highest BCUT2D eigenvalue weighted by atomic mass is 79.9. The van der Waals surface area contributed by atoms with E-state index in [1.807, 2.05) is 4.72 Å². The zero-order chi connectivity index (χ0) is 13.1. The minimum atomic E-state index is -3.89. The molecule has 6 nitrogen and oxygen atoms in total. The number of carbonyl (C=O) groups is 1. The van der Waals surface area contributed by atoms with Gasteiger partial charge in [0, 0.05) is 4.47 Å². The van der Waals surface area contributed by atoms with Crippen molar-refractivity contribution < 1.29 is 18.3 Å². The highest BCUT2D eigenvalue weighted by Gasteiger charge is 2.19. The van der Waals surface area contributed by atoms with Crippen LogP contribution in [0.1, 0.15) is 10.4 Å². The minimum absolute atomic E-state index is 0.148. The summed E-state index contributed by atoms with van der Waals surface area (Å²) in [6.07, 6.45) is 0. The number of sulfonamides is 1. The maximum atomic E-state index is 11.7. The topological polar surface area (TPSA) is 107 Å². The second-order valence-electron chi connectivity index (χ2n) is 2.93. The van der Waals surface area contributed by atoms with Gasteiger partial charge >= 0.3 is 5.97 Å². The fourth-order valence-electron chi connectivity index (χ4n) is 1.05. The number of benzene rings is 1. The summed E-state index contributed by atoms with van der Waals surface area (Å²) in [6, 6.07) is 5.25. The third-order valence-electron chi connectivity index (χ3n) is 1.81. The maximum absolute atomic E-state index is 11.7. The van der Waals surface area contributed by atoms with Crippen LogP contribution in [0.25, 0.3) is 0 Å². The molecule has 17 heavy (non-hydrogen) atoms. The molecule has 0 bridgehead atoms. The van der Waals surface area contributed by atoms with Gasteiger partial charge in [-0.1, -0.05) is 0 Å². The monoisotopic (exact) mass is 318 g/mol. The van der Waals surface area contributed by atoms with Crippen molar-refractivity contribution in [1.82, 2.24) is 4.72 Å². The van der Waals surface area contributed by atoms with Gasteiger partial charge in [0.2, 0.25) is 10.0 Å². The molecular formula is C9H7BrN2O4S. The number of carboxylic acids is 1. The van der Waals surface area contributed by atoms with Gasteiger partial charge in [0.05, 0.1) is 23.1 Å². The molecule has 0 heterocycles. The van der Waals surface area contributed by atoms with Crippen LogP contribution >= 0.6 is 15.9 Å². The van der Waals surface area contributed by atoms with E-state index in [0.29, 0.717) is 0 Å². The van der Waals surface area contributed by atoms with E-state index in [4.69, 9.17) is 10.4 Å². The summed E-state index contributed by atoms with van der Waals surface area (Å²) >= 11 is 3.01. The SMILES string of the molecule is N#CCNS(=O)(=O)c1cc(C(=O)O)ccc1Br. The number of rotatable bonds is 4. The Kier molecular flexibility index (Phi) is 4.22. The zero-order valence-corrected chi connectivity index (χ0v) is 10.7. The summed E-state index contributed by atoms with van der Waals surface area (Å²) in [4.78, 5) is 10.5. The number of nitrogens with zero attached hydrogens (tertiary/aromatic N) is 1. The van der Waals surface area contributed by atoms with Crippen LogP contribution in [0.4, 0.5) is 0 Å². The third kappa shape index (κ3) is 3.26. The molecule has 2 N–H and O–H groups in total. The molecule has 0 amide bonds. The van der Waals surface area contributed by atoms with Crippen molar-refractivity contribution in [3.63, 3.8) is 0 Å². The van der Waals surface area contributed by atoms with Gasteiger partial charge in [0.1, 0.15) is 0 Å². The van der Waals surface area contributed by atoms with E-state index in [1.165, 1.54) is 12.1 Å². The second-order valence-corrected chi connectivity index (χ2v) is 5.52. The van der Waals surface area contributed by atoms with Crippen molar-refractivity contribution >= 4 is 31.9 Å². The van der Waals surface area contributed by atoms with Crippen molar-refractivity contribution in [3.05, 3.63) is 28.2 Å². The summed E-state index contributed by atoms with van der Waals surface area (Å²) < 4.78 is 25.7. The molecule has 1 aromatic rings. The normalized spacial score (nSPS) is 10.8. The molecule has 0 atom stereocenters. The highest BCUT2D eigenvalue weighted by Crippen LogP contribution is 2.23. The number of halogens is 1. The zero-order valence-electron chi connectivity index (χ0n) is 8.34. The quantitative estimate of drug-likeness (QED) is 0.804. The Hall–Kier alpha value is -1.43. The van der Waals surface area contributed by atoms with Crippen LogP contribution in [0.15, 0.2) is 27.6 Å². The Labute approximate surface area is 106 Å². The first-order valence-electron chi connectivity index (χ1n) is 4.28. The number of carboxylic acid groups (broad SMARTS) is 1. The molecular weight excluding hydrogens is 312 g/mol. The number of nitrogens with one attached hydrogen (secondary N) is 1. The lowest BCUT2D eigenvalue weighted by Crippen LogP contribution is -2.24. The molecule has 0 radical (unpaired) electrons. The van der Waals surface area contributed by atoms with E-state index in [2.05, 4.69) is 15.9 Å². The van der Waals surface area contributed by atoms with Gasteiger partial charge in [-0.05, 0) is 34.1 Å². The van der Waals surface area contributed by atoms with Crippen molar-refractivity contribution in [2.45, 2.75) is 4.90 Å². The van der Waals surface area contributed by atoms with Gasteiger partial charge in [-0.3, -0.25) is 0 Å². The average Bonchev–Trinajstić information content (AvgIpc) is 2.26. The van der Waals surface area contributed by atoms with E-state index in [9.17, 15) is 13.2 Å². The van der Waals surface area contributed by atoms with E-state index in [1.54, 1.807) is 6.07 Å². The lowest BCUT2D eigenvalue weighted by molar-refractivity contribution is 0.0696. The van der Waals surface area contributed by atoms with Crippen molar-refractivity contribution in [1.29, 1.82) is 5.26 Å². The minimum Gasteiger partial charge on any atom is -0.478 e. The summed E-state index contributed by atoms with van der Waals surface area (Å²) in [5, 5.41) is 17.1. The molecule has 0 aliphatic rings. The predicted molar refractivity (Wildman–Crippen MR) is 61.9 cm³/mol. The van der Waals surface area contributed by atoms with Crippen molar-refractivity contribution in [2.24, 2.45) is 0 Å². The largest absolute Gasteiger partial charge is 0.478 e. The van der Waals surface area contributed by atoms with Crippen LogP contribution in [0, 0.1) is 11.3 Å². The Bertz CT molecular complexity index is 592. The molecule has 0 saturated heterocycles. The fraction of sp³-hybridized carbons (Fsp3) is 0.111. The fourth-order valence-corrected chi connectivity index (χ4v) is 2.95. The lowest BCUT2D eigenvalue weighted by atomic mass is 10.2. The first-order valence-corrected chi connectivity index (χ1v) is 6.55. The maximum Gasteiger partial charge on any atom is 0.335 e. The Morgan fingerprint density at radius 3 is 2.71 bits per heavy atom. The molecule has 1 aromatic carbocycles. The van der Waals surface area contributed by atoms with Gasteiger partial charge in [-0.25, -0.2) is 13.2 Å². The van der Waals surface area contributed by atoms with Crippen LogP contribution < -0.4 is 4.72 Å². The molecule has 0 saturated carbocycles. The average molecular weight is 319 g/mol. The van der Waals surface area contributed by atoms with Crippen molar-refractivity contribution in [3.8, 4) is 6.07 Å². The van der Waals surface area contributed by atoms with Crippen LogP contribution in [-0.2, 0) is 10.0 Å². The van der Waals surface area contributed by atoms with Gasteiger partial charge < -0.3 is 5.11 Å². The van der Waals surface area contributed by atoms with Gasteiger partial charge in [0.15, 0.2) is 0 Å². The van der Waals surface area contributed by atoms with Gasteiger partial charge in [0.25, 0.3) is 0 Å². The number of nitriles is 1. The standard InChI is InChI=1S/C9H7BrN2O4S/c10-7-2-1-6(9(13)14)5-8(7)17(15,16)12-4-3-11/h1-2,5,12H,4H2,(H,13,14). The Balaban J connectivity index is 3.26. The molecule has 0 aliphatic heterocycles. The second kappa shape index (κ2) is 5.27. The number of hydrogen-bond acceptors (Lipinski definition) is 4. The summed E-state index contributed by atoms with van der Waals surface area (Å²) in [6.45, 7) is -0.383. The van der Waals surface area contributed by atoms with Crippen LogP contribution in [-0.4, -0.2) is 26.0 Å². The van der Waals surface area contributed by atoms with Crippen LogP contribution in [0.3, 0.4) is 0 Å². The van der Waals surface area contributed by atoms with E-state index in [-0.39, 0.29) is 21.5 Å². The first-order chi connectivity index (χ1) is 7.88. The third-order valence-corrected chi connectivity index (χ3v) is 4.20.